The van der Waals surface area contributed by atoms with Crippen molar-refractivity contribution in [1.82, 2.24) is 24.8 Å². The van der Waals surface area contributed by atoms with Crippen LogP contribution in [0, 0.1) is 11.6 Å². The summed E-state index contributed by atoms with van der Waals surface area (Å²) in [5.41, 5.74) is 2.06. The van der Waals surface area contributed by atoms with E-state index in [-0.39, 0.29) is 16.4 Å². The summed E-state index contributed by atoms with van der Waals surface area (Å²) >= 11 is 5.81. The molecule has 4 aromatic rings. The van der Waals surface area contributed by atoms with Gasteiger partial charge in [-0.25, -0.2) is 23.7 Å². The van der Waals surface area contributed by atoms with Crippen molar-refractivity contribution in [2.45, 2.75) is 18.9 Å². The van der Waals surface area contributed by atoms with E-state index in [4.69, 9.17) is 11.6 Å². The molecule has 1 aliphatic rings. The van der Waals surface area contributed by atoms with Crippen molar-refractivity contribution in [2.75, 3.05) is 42.7 Å². The maximum atomic E-state index is 14.3. The second kappa shape index (κ2) is 11.2. The first-order chi connectivity index (χ1) is 18.4. The Kier molecular flexibility index (Phi) is 7.62. The zero-order valence-electron chi connectivity index (χ0n) is 21.0. The predicted molar refractivity (Wildman–Crippen MR) is 146 cm³/mol. The van der Waals surface area contributed by atoms with E-state index in [1.54, 1.807) is 18.3 Å². The van der Waals surface area contributed by atoms with E-state index in [0.717, 1.165) is 37.7 Å². The number of aromatic nitrogens is 4. The molecular formula is C27H27ClF2N8. The summed E-state index contributed by atoms with van der Waals surface area (Å²) in [5, 5.41) is 6.07. The lowest BCUT2D eigenvalue weighted by molar-refractivity contribution is 0.249. The average Bonchev–Trinajstić information content (AvgIpc) is 2.92. The van der Waals surface area contributed by atoms with E-state index in [9.17, 15) is 8.78 Å². The smallest absolute Gasteiger partial charge is 0.229 e. The number of anilines is 5. The van der Waals surface area contributed by atoms with Crippen LogP contribution in [0.15, 0.2) is 60.9 Å². The van der Waals surface area contributed by atoms with Gasteiger partial charge in [0.1, 0.15) is 23.3 Å². The van der Waals surface area contributed by atoms with Crippen LogP contribution >= 0.6 is 11.6 Å². The number of benzene rings is 2. The highest BCUT2D eigenvalue weighted by molar-refractivity contribution is 6.31. The van der Waals surface area contributed by atoms with Crippen LogP contribution in [0.25, 0.3) is 11.4 Å². The molecule has 0 aliphatic carbocycles. The molecule has 196 valence electrons. The predicted octanol–water partition coefficient (Wildman–Crippen LogP) is 5.88. The van der Waals surface area contributed by atoms with Crippen LogP contribution in [0.1, 0.15) is 12.8 Å². The molecule has 0 radical (unpaired) electrons. The summed E-state index contributed by atoms with van der Waals surface area (Å²) in [6.45, 7) is 2.08. The van der Waals surface area contributed by atoms with Crippen LogP contribution in [0.5, 0.6) is 0 Å². The normalized spacial score (nSPS) is 14.1. The van der Waals surface area contributed by atoms with Crippen molar-refractivity contribution in [3.8, 4) is 11.4 Å². The van der Waals surface area contributed by atoms with Gasteiger partial charge in [0.05, 0.1) is 10.6 Å². The minimum absolute atomic E-state index is 0.00406. The van der Waals surface area contributed by atoms with Crippen LogP contribution in [0.2, 0.25) is 5.02 Å². The highest BCUT2D eigenvalue weighted by Gasteiger charge is 2.20. The lowest BCUT2D eigenvalue weighted by atomic mass is 10.0. The molecule has 2 aromatic carbocycles. The molecule has 0 saturated carbocycles. The van der Waals surface area contributed by atoms with Crippen molar-refractivity contribution in [3.63, 3.8) is 0 Å². The van der Waals surface area contributed by atoms with Gasteiger partial charge in [-0.1, -0.05) is 11.6 Å². The highest BCUT2D eigenvalue weighted by Crippen LogP contribution is 2.27. The highest BCUT2D eigenvalue weighted by atomic mass is 35.5. The number of halogens is 3. The Hall–Kier alpha value is -3.89. The third-order valence-electron chi connectivity index (χ3n) is 6.50. The van der Waals surface area contributed by atoms with Gasteiger partial charge in [-0.2, -0.15) is 4.98 Å². The first-order valence-electron chi connectivity index (χ1n) is 12.2. The fourth-order valence-electron chi connectivity index (χ4n) is 4.40. The van der Waals surface area contributed by atoms with Crippen molar-refractivity contribution >= 4 is 40.6 Å². The van der Waals surface area contributed by atoms with Crippen molar-refractivity contribution in [2.24, 2.45) is 0 Å². The molecule has 11 heteroatoms. The molecule has 1 saturated heterocycles. The summed E-state index contributed by atoms with van der Waals surface area (Å²) < 4.78 is 27.8. The van der Waals surface area contributed by atoms with Crippen LogP contribution in [0.3, 0.4) is 0 Å². The Morgan fingerprint density at radius 2 is 1.55 bits per heavy atom. The molecule has 2 N–H and O–H groups in total. The van der Waals surface area contributed by atoms with E-state index in [2.05, 4.69) is 66.6 Å². The van der Waals surface area contributed by atoms with Crippen LogP contribution in [-0.2, 0) is 0 Å². The molecule has 0 spiro atoms. The van der Waals surface area contributed by atoms with Crippen LogP contribution in [-0.4, -0.2) is 58.1 Å². The van der Waals surface area contributed by atoms with Crippen molar-refractivity contribution < 1.29 is 8.78 Å². The summed E-state index contributed by atoms with van der Waals surface area (Å²) in [7, 11) is 4.29. The molecule has 38 heavy (non-hydrogen) atoms. The van der Waals surface area contributed by atoms with Gasteiger partial charge in [0.25, 0.3) is 0 Å². The minimum Gasteiger partial charge on any atom is -0.371 e. The van der Waals surface area contributed by atoms with Gasteiger partial charge in [-0.05, 0) is 69.4 Å². The van der Waals surface area contributed by atoms with Gasteiger partial charge >= 0.3 is 0 Å². The molecule has 0 unspecified atom stereocenters. The summed E-state index contributed by atoms with van der Waals surface area (Å²) in [5.74, 6) is -0.329. The van der Waals surface area contributed by atoms with Gasteiger partial charge in [-0.3, -0.25) is 0 Å². The largest absolute Gasteiger partial charge is 0.371 e. The molecule has 0 bridgehead atoms. The molecule has 1 aliphatic heterocycles. The van der Waals surface area contributed by atoms with Gasteiger partial charge in [0, 0.05) is 49.0 Å². The molecule has 0 atom stereocenters. The summed E-state index contributed by atoms with van der Waals surface area (Å²) in [4.78, 5) is 21.9. The fraction of sp³-hybridized carbons (Fsp3) is 0.259. The summed E-state index contributed by atoms with van der Waals surface area (Å²) in [6.07, 6.45) is 5.39. The maximum absolute atomic E-state index is 14.3. The Morgan fingerprint density at radius 1 is 0.868 bits per heavy atom. The molecule has 8 nitrogen and oxygen atoms in total. The van der Waals surface area contributed by atoms with E-state index in [1.165, 1.54) is 11.9 Å². The van der Waals surface area contributed by atoms with Crippen molar-refractivity contribution in [1.29, 1.82) is 0 Å². The zero-order valence-corrected chi connectivity index (χ0v) is 21.8. The van der Waals surface area contributed by atoms with E-state index < -0.39 is 11.6 Å². The number of nitrogens with one attached hydrogen (secondary N) is 2. The Balaban J connectivity index is 1.25. The zero-order chi connectivity index (χ0) is 26.6. The van der Waals surface area contributed by atoms with Gasteiger partial charge in [0.2, 0.25) is 5.95 Å². The number of hydrogen-bond donors (Lipinski definition) is 2. The molecule has 3 heterocycles. The van der Waals surface area contributed by atoms with Crippen LogP contribution < -0.4 is 15.5 Å². The Labute approximate surface area is 224 Å². The standard InChI is InChI=1S/C27H27ClF2N8/c1-37(2)18-9-13-38(14-10-18)19-5-3-17(4-6-19)33-27-32-12-8-25(36-27)34-24-7-11-31-26(35-24)20-15-21(28)23(30)16-22(20)29/h3-8,11-12,15-16,18H,9-10,13-14H2,1-2H3,(H2,31,32,33,34,35,36). The van der Waals surface area contributed by atoms with Crippen molar-refractivity contribution in [3.05, 3.63) is 77.6 Å². The van der Waals surface area contributed by atoms with E-state index in [1.807, 2.05) is 12.1 Å². The first kappa shape index (κ1) is 25.7. The average molecular weight is 537 g/mol. The third kappa shape index (κ3) is 5.98. The number of piperidine rings is 1. The topological polar surface area (TPSA) is 82.1 Å². The Morgan fingerprint density at radius 3 is 2.26 bits per heavy atom. The number of hydrogen-bond acceptors (Lipinski definition) is 8. The number of rotatable bonds is 7. The molecular weight excluding hydrogens is 510 g/mol. The lowest BCUT2D eigenvalue weighted by Gasteiger charge is -2.36. The minimum atomic E-state index is -0.845. The maximum Gasteiger partial charge on any atom is 0.229 e. The first-order valence-corrected chi connectivity index (χ1v) is 12.6. The molecule has 5 rings (SSSR count). The fourth-order valence-corrected chi connectivity index (χ4v) is 4.56. The lowest BCUT2D eigenvalue weighted by Crippen LogP contribution is -2.41. The Bertz CT molecular complexity index is 1410. The second-order valence-corrected chi connectivity index (χ2v) is 9.66. The van der Waals surface area contributed by atoms with E-state index >= 15 is 0 Å². The molecule has 1 fully saturated rings. The molecule has 0 amide bonds. The van der Waals surface area contributed by atoms with Crippen LogP contribution in [0.4, 0.5) is 37.7 Å². The van der Waals surface area contributed by atoms with Gasteiger partial charge < -0.3 is 20.4 Å². The third-order valence-corrected chi connectivity index (χ3v) is 6.79. The van der Waals surface area contributed by atoms with E-state index in [0.29, 0.717) is 29.7 Å². The monoisotopic (exact) mass is 536 g/mol. The number of nitrogens with zero attached hydrogens (tertiary/aromatic N) is 6. The second-order valence-electron chi connectivity index (χ2n) is 9.26. The molecule has 2 aromatic heterocycles. The SMILES string of the molecule is CN(C)C1CCN(c2ccc(Nc3nccc(Nc4ccnc(-c5cc(Cl)c(F)cc5F)n4)n3)cc2)CC1. The quantitative estimate of drug-likeness (QED) is 0.283. The van der Waals surface area contributed by atoms with Gasteiger partial charge in [-0.15, -0.1) is 0 Å². The summed E-state index contributed by atoms with van der Waals surface area (Å²) in [6, 6.07) is 14.0. The van der Waals surface area contributed by atoms with Gasteiger partial charge in [0.15, 0.2) is 5.82 Å².